The first kappa shape index (κ1) is 26.3. The molecular formula is C24H48O3S. The summed E-state index contributed by atoms with van der Waals surface area (Å²) in [5.41, 5.74) is 0. The SMILES string of the molecule is OCCCCCCCCCCCCCCCCSCCCOC1CCCCO1. The van der Waals surface area contributed by atoms with Gasteiger partial charge in [0.2, 0.25) is 0 Å². The van der Waals surface area contributed by atoms with Gasteiger partial charge in [-0.3, -0.25) is 0 Å². The molecule has 1 rings (SSSR count). The van der Waals surface area contributed by atoms with Gasteiger partial charge in [0.1, 0.15) is 0 Å². The van der Waals surface area contributed by atoms with Crippen molar-refractivity contribution >= 4 is 11.8 Å². The lowest BCUT2D eigenvalue weighted by Gasteiger charge is -2.22. The van der Waals surface area contributed by atoms with Crippen LogP contribution >= 0.6 is 11.8 Å². The summed E-state index contributed by atoms with van der Waals surface area (Å²) in [7, 11) is 0. The lowest BCUT2D eigenvalue weighted by Crippen LogP contribution is -2.22. The topological polar surface area (TPSA) is 38.7 Å². The van der Waals surface area contributed by atoms with Gasteiger partial charge in [-0.05, 0) is 50.0 Å². The van der Waals surface area contributed by atoms with Crippen LogP contribution in [0, 0.1) is 0 Å². The van der Waals surface area contributed by atoms with Gasteiger partial charge in [-0.25, -0.2) is 0 Å². The first-order valence-electron chi connectivity index (χ1n) is 12.4. The molecule has 1 saturated heterocycles. The van der Waals surface area contributed by atoms with Crippen LogP contribution in [0.15, 0.2) is 0 Å². The molecular weight excluding hydrogens is 368 g/mol. The molecule has 0 amide bonds. The van der Waals surface area contributed by atoms with Crippen LogP contribution < -0.4 is 0 Å². The molecule has 1 atom stereocenters. The number of unbranched alkanes of at least 4 members (excludes halogenated alkanes) is 13. The third-order valence-electron chi connectivity index (χ3n) is 5.57. The Labute approximate surface area is 179 Å². The molecule has 3 nitrogen and oxygen atoms in total. The minimum atomic E-state index is 0.0844. The molecule has 1 aliphatic heterocycles. The molecule has 1 heterocycles. The predicted molar refractivity (Wildman–Crippen MR) is 123 cm³/mol. The molecule has 0 aliphatic carbocycles. The van der Waals surface area contributed by atoms with Crippen LogP contribution in [0.1, 0.15) is 116 Å². The summed E-state index contributed by atoms with van der Waals surface area (Å²) < 4.78 is 11.4. The first-order valence-corrected chi connectivity index (χ1v) is 13.5. The molecule has 1 fully saturated rings. The van der Waals surface area contributed by atoms with Crippen LogP contribution in [-0.2, 0) is 9.47 Å². The Bertz CT molecular complexity index is 296. The maximum Gasteiger partial charge on any atom is 0.157 e. The van der Waals surface area contributed by atoms with E-state index in [4.69, 9.17) is 14.6 Å². The van der Waals surface area contributed by atoms with Crippen molar-refractivity contribution in [2.24, 2.45) is 0 Å². The largest absolute Gasteiger partial charge is 0.396 e. The van der Waals surface area contributed by atoms with Gasteiger partial charge < -0.3 is 14.6 Å². The molecule has 1 N–H and O–H groups in total. The number of hydrogen-bond acceptors (Lipinski definition) is 4. The predicted octanol–water partition coefficient (Wildman–Crippen LogP) is 7.11. The van der Waals surface area contributed by atoms with Crippen molar-refractivity contribution in [3.05, 3.63) is 0 Å². The molecule has 0 spiro atoms. The summed E-state index contributed by atoms with van der Waals surface area (Å²) >= 11 is 2.09. The number of thioether (sulfide) groups is 1. The van der Waals surface area contributed by atoms with Crippen molar-refractivity contribution in [1.29, 1.82) is 0 Å². The highest BCUT2D eigenvalue weighted by atomic mass is 32.2. The van der Waals surface area contributed by atoms with Gasteiger partial charge in [0.05, 0.1) is 6.61 Å². The van der Waals surface area contributed by atoms with Crippen molar-refractivity contribution in [2.75, 3.05) is 31.3 Å². The Morgan fingerprint density at radius 3 is 1.75 bits per heavy atom. The van der Waals surface area contributed by atoms with Crippen LogP contribution in [0.2, 0.25) is 0 Å². The van der Waals surface area contributed by atoms with E-state index < -0.39 is 0 Å². The van der Waals surface area contributed by atoms with Crippen LogP contribution in [0.3, 0.4) is 0 Å². The Kier molecular flexibility index (Phi) is 20.6. The van der Waals surface area contributed by atoms with Gasteiger partial charge in [0, 0.05) is 13.2 Å². The van der Waals surface area contributed by atoms with Gasteiger partial charge in [-0.1, -0.05) is 77.0 Å². The third kappa shape index (κ3) is 18.3. The molecule has 0 aromatic carbocycles. The van der Waals surface area contributed by atoms with Crippen molar-refractivity contribution in [3.8, 4) is 0 Å². The van der Waals surface area contributed by atoms with Gasteiger partial charge in [0.15, 0.2) is 6.29 Å². The lowest BCUT2D eigenvalue weighted by molar-refractivity contribution is -0.162. The molecule has 1 unspecified atom stereocenters. The molecule has 0 bridgehead atoms. The quantitative estimate of drug-likeness (QED) is 0.202. The van der Waals surface area contributed by atoms with Gasteiger partial charge in [0.25, 0.3) is 0 Å². The van der Waals surface area contributed by atoms with Crippen molar-refractivity contribution in [3.63, 3.8) is 0 Å². The average molecular weight is 417 g/mol. The standard InChI is InChI=1S/C24H48O3S/c25-19-14-11-9-7-5-3-1-2-4-6-8-10-12-16-22-28-23-17-21-27-24-18-13-15-20-26-24/h24-25H,1-23H2. The van der Waals surface area contributed by atoms with Crippen molar-refractivity contribution in [2.45, 2.75) is 122 Å². The maximum atomic E-state index is 8.74. The zero-order valence-electron chi connectivity index (χ0n) is 18.5. The fourth-order valence-corrected chi connectivity index (χ4v) is 4.69. The Morgan fingerprint density at radius 2 is 1.21 bits per heavy atom. The molecule has 0 saturated carbocycles. The van der Waals surface area contributed by atoms with E-state index in [1.807, 2.05) is 0 Å². The van der Waals surface area contributed by atoms with Crippen LogP contribution in [0.4, 0.5) is 0 Å². The number of hydrogen-bond donors (Lipinski definition) is 1. The highest BCUT2D eigenvalue weighted by molar-refractivity contribution is 7.99. The van der Waals surface area contributed by atoms with Crippen LogP contribution in [0.5, 0.6) is 0 Å². The molecule has 0 aromatic heterocycles. The zero-order chi connectivity index (χ0) is 20.0. The van der Waals surface area contributed by atoms with E-state index in [0.717, 1.165) is 32.5 Å². The summed E-state index contributed by atoms with van der Waals surface area (Å²) in [5.74, 6) is 2.55. The van der Waals surface area contributed by atoms with E-state index in [-0.39, 0.29) is 6.29 Å². The number of aliphatic hydroxyl groups excluding tert-OH is 1. The molecule has 28 heavy (non-hydrogen) atoms. The lowest BCUT2D eigenvalue weighted by atomic mass is 10.0. The molecule has 0 radical (unpaired) electrons. The summed E-state index contributed by atoms with van der Waals surface area (Å²) in [6.45, 7) is 2.11. The number of ether oxygens (including phenoxy) is 2. The van der Waals surface area contributed by atoms with E-state index in [1.165, 1.54) is 108 Å². The van der Waals surface area contributed by atoms with E-state index in [1.54, 1.807) is 0 Å². The van der Waals surface area contributed by atoms with Crippen molar-refractivity contribution in [1.82, 2.24) is 0 Å². The summed E-state index contributed by atoms with van der Waals surface area (Å²) in [4.78, 5) is 0. The Morgan fingerprint density at radius 1 is 0.679 bits per heavy atom. The fourth-order valence-electron chi connectivity index (χ4n) is 3.76. The molecule has 1 aliphatic rings. The summed E-state index contributed by atoms with van der Waals surface area (Å²) in [6, 6.07) is 0. The normalized spacial score (nSPS) is 17.2. The van der Waals surface area contributed by atoms with E-state index >= 15 is 0 Å². The second-order valence-corrected chi connectivity index (χ2v) is 9.53. The fraction of sp³-hybridized carbons (Fsp3) is 1.00. The Balaban J connectivity index is 1.64. The maximum absolute atomic E-state index is 8.74. The monoisotopic (exact) mass is 416 g/mol. The zero-order valence-corrected chi connectivity index (χ0v) is 19.3. The first-order chi connectivity index (χ1) is 13.9. The minimum absolute atomic E-state index is 0.0844. The second kappa shape index (κ2) is 21.9. The second-order valence-electron chi connectivity index (χ2n) is 8.31. The Hall–Kier alpha value is 0.230. The smallest absolute Gasteiger partial charge is 0.157 e. The highest BCUT2D eigenvalue weighted by Gasteiger charge is 2.13. The summed E-state index contributed by atoms with van der Waals surface area (Å²) in [5, 5.41) is 8.74. The van der Waals surface area contributed by atoms with Gasteiger partial charge in [-0.15, -0.1) is 0 Å². The minimum Gasteiger partial charge on any atom is -0.396 e. The van der Waals surface area contributed by atoms with Gasteiger partial charge in [-0.2, -0.15) is 11.8 Å². The molecule has 0 aromatic rings. The molecule has 168 valence electrons. The summed E-state index contributed by atoms with van der Waals surface area (Å²) in [6.07, 6.45) is 23.8. The average Bonchev–Trinajstić information content (AvgIpc) is 2.73. The van der Waals surface area contributed by atoms with E-state index in [2.05, 4.69) is 11.8 Å². The van der Waals surface area contributed by atoms with E-state index in [0.29, 0.717) is 6.61 Å². The van der Waals surface area contributed by atoms with E-state index in [9.17, 15) is 0 Å². The molecule has 4 heteroatoms. The van der Waals surface area contributed by atoms with Gasteiger partial charge >= 0.3 is 0 Å². The van der Waals surface area contributed by atoms with Crippen LogP contribution in [-0.4, -0.2) is 42.7 Å². The number of aliphatic hydroxyl groups is 1. The highest BCUT2D eigenvalue weighted by Crippen LogP contribution is 2.16. The van der Waals surface area contributed by atoms with Crippen molar-refractivity contribution < 1.29 is 14.6 Å². The third-order valence-corrected chi connectivity index (χ3v) is 6.73. The van der Waals surface area contributed by atoms with Crippen LogP contribution in [0.25, 0.3) is 0 Å². The number of rotatable bonds is 21.